The van der Waals surface area contributed by atoms with E-state index in [9.17, 15) is 4.79 Å². The first kappa shape index (κ1) is 8.47. The Morgan fingerprint density at radius 1 is 1.83 bits per heavy atom. The Labute approximate surface area is 68.0 Å². The van der Waals surface area contributed by atoms with Gasteiger partial charge in [-0.3, -0.25) is 4.79 Å². The number of aliphatic carboxylic acids is 1. The summed E-state index contributed by atoms with van der Waals surface area (Å²) < 4.78 is 1.29. The molecule has 0 spiro atoms. The summed E-state index contributed by atoms with van der Waals surface area (Å²) in [6.45, 7) is 0.0690. The fourth-order valence-electron chi connectivity index (χ4n) is 0.677. The van der Waals surface area contributed by atoms with Crippen LogP contribution in [0.5, 0.6) is 0 Å². The minimum absolute atomic E-state index is 0.0690. The fraction of sp³-hybridized carbons (Fsp3) is 0.400. The molecule has 1 aromatic rings. The minimum Gasteiger partial charge on any atom is -0.480 e. The van der Waals surface area contributed by atoms with Crippen LogP contribution >= 0.6 is 0 Å². The van der Waals surface area contributed by atoms with Crippen LogP contribution < -0.4 is 11.5 Å². The Morgan fingerprint density at radius 2 is 2.50 bits per heavy atom. The summed E-state index contributed by atoms with van der Waals surface area (Å²) in [5.74, 6) is -0.975. The van der Waals surface area contributed by atoms with Gasteiger partial charge in [-0.2, -0.15) is 0 Å². The van der Waals surface area contributed by atoms with Crippen LogP contribution in [0.2, 0.25) is 0 Å². The highest BCUT2D eigenvalue weighted by Gasteiger charge is 2.12. The molecule has 0 fully saturated rings. The van der Waals surface area contributed by atoms with Crippen molar-refractivity contribution in [3.8, 4) is 0 Å². The van der Waals surface area contributed by atoms with E-state index in [4.69, 9.17) is 16.6 Å². The molecule has 5 N–H and O–H groups in total. The van der Waals surface area contributed by atoms with E-state index in [2.05, 4.69) is 10.1 Å². The number of hydrogen-bond donors (Lipinski definition) is 3. The van der Waals surface area contributed by atoms with Crippen LogP contribution in [-0.4, -0.2) is 31.9 Å². The molecule has 0 aliphatic rings. The maximum Gasteiger partial charge on any atom is 0.322 e. The summed E-state index contributed by atoms with van der Waals surface area (Å²) in [4.78, 5) is 13.9. The number of anilines is 1. The van der Waals surface area contributed by atoms with Crippen LogP contribution in [0.1, 0.15) is 0 Å². The van der Waals surface area contributed by atoms with Crippen LogP contribution in [0.3, 0.4) is 0 Å². The normalized spacial score (nSPS) is 12.8. The molecule has 66 valence electrons. The summed E-state index contributed by atoms with van der Waals surface area (Å²) in [6, 6.07) is -0.980. The van der Waals surface area contributed by atoms with Crippen LogP contribution in [0.25, 0.3) is 0 Å². The highest BCUT2D eigenvalue weighted by Crippen LogP contribution is 1.91. The van der Waals surface area contributed by atoms with Crippen molar-refractivity contribution in [2.75, 3.05) is 5.73 Å². The molecular weight excluding hydrogens is 162 g/mol. The quantitative estimate of drug-likeness (QED) is 0.497. The first-order valence-corrected chi connectivity index (χ1v) is 3.23. The Kier molecular flexibility index (Phi) is 2.24. The third kappa shape index (κ3) is 1.92. The molecule has 0 bridgehead atoms. The lowest BCUT2D eigenvalue weighted by Crippen LogP contribution is -2.34. The number of rotatable bonds is 3. The average Bonchev–Trinajstić information content (AvgIpc) is 2.35. The van der Waals surface area contributed by atoms with Crippen molar-refractivity contribution < 1.29 is 9.90 Å². The maximum atomic E-state index is 10.3. The van der Waals surface area contributed by atoms with Gasteiger partial charge in [-0.25, -0.2) is 9.67 Å². The number of hydrogen-bond acceptors (Lipinski definition) is 5. The Morgan fingerprint density at radius 3 is 2.92 bits per heavy atom. The van der Waals surface area contributed by atoms with E-state index >= 15 is 0 Å². The molecule has 0 radical (unpaired) electrons. The molecule has 12 heavy (non-hydrogen) atoms. The van der Waals surface area contributed by atoms with Crippen LogP contribution in [0.4, 0.5) is 5.95 Å². The molecule has 1 atom stereocenters. The fourth-order valence-corrected chi connectivity index (χ4v) is 0.677. The predicted octanol–water partition coefficient (Wildman–Crippen LogP) is -1.73. The summed E-state index contributed by atoms with van der Waals surface area (Å²) in [7, 11) is 0. The lowest BCUT2D eigenvalue weighted by atomic mass is 10.3. The van der Waals surface area contributed by atoms with E-state index in [-0.39, 0.29) is 12.5 Å². The highest BCUT2D eigenvalue weighted by molar-refractivity contribution is 5.72. The Bertz CT molecular complexity index is 283. The standard InChI is InChI=1S/C5H9N5O2/c6-3(4(11)12)1-10-2-8-5(7)9-10/h2-3H,1,6H2,(H2,7,9)(H,11,12)/t3-/m0/s1. The second-order valence-corrected chi connectivity index (χ2v) is 2.27. The lowest BCUT2D eigenvalue weighted by molar-refractivity contribution is -0.138. The van der Waals surface area contributed by atoms with Crippen molar-refractivity contribution in [3.05, 3.63) is 6.33 Å². The van der Waals surface area contributed by atoms with Gasteiger partial charge in [0.2, 0.25) is 5.95 Å². The van der Waals surface area contributed by atoms with Crippen LogP contribution in [0, 0.1) is 0 Å². The van der Waals surface area contributed by atoms with E-state index in [1.807, 2.05) is 0 Å². The zero-order chi connectivity index (χ0) is 9.14. The van der Waals surface area contributed by atoms with Crippen molar-refractivity contribution in [2.24, 2.45) is 5.73 Å². The third-order valence-electron chi connectivity index (χ3n) is 1.26. The van der Waals surface area contributed by atoms with Gasteiger partial charge in [0, 0.05) is 0 Å². The van der Waals surface area contributed by atoms with Crippen molar-refractivity contribution in [1.29, 1.82) is 0 Å². The zero-order valence-electron chi connectivity index (χ0n) is 6.21. The smallest absolute Gasteiger partial charge is 0.322 e. The van der Waals surface area contributed by atoms with E-state index in [1.54, 1.807) is 0 Å². The molecule has 0 unspecified atom stereocenters. The minimum atomic E-state index is -1.08. The molecule has 0 saturated heterocycles. The summed E-state index contributed by atoms with van der Waals surface area (Å²) in [6.07, 6.45) is 1.33. The number of carboxylic acids is 1. The summed E-state index contributed by atoms with van der Waals surface area (Å²) in [5.41, 5.74) is 10.4. The zero-order valence-corrected chi connectivity index (χ0v) is 6.21. The molecule has 0 amide bonds. The van der Waals surface area contributed by atoms with Crippen LogP contribution in [-0.2, 0) is 11.3 Å². The molecule has 7 nitrogen and oxygen atoms in total. The average molecular weight is 171 g/mol. The molecule has 0 saturated carbocycles. The number of carboxylic acid groups (broad SMARTS) is 1. The third-order valence-corrected chi connectivity index (χ3v) is 1.26. The molecule has 1 rings (SSSR count). The van der Waals surface area contributed by atoms with Crippen LogP contribution in [0.15, 0.2) is 6.33 Å². The van der Waals surface area contributed by atoms with Crippen molar-refractivity contribution in [3.63, 3.8) is 0 Å². The number of nitrogens with two attached hydrogens (primary N) is 2. The summed E-state index contributed by atoms with van der Waals surface area (Å²) in [5, 5.41) is 12.1. The SMILES string of the molecule is Nc1ncn(C[C@H](N)C(=O)O)n1. The van der Waals surface area contributed by atoms with Gasteiger partial charge in [-0.15, -0.1) is 5.10 Å². The molecule has 0 aliphatic heterocycles. The topological polar surface area (TPSA) is 120 Å². The number of nitrogen functional groups attached to an aromatic ring is 1. The molecular formula is C5H9N5O2. The van der Waals surface area contributed by atoms with Gasteiger partial charge in [0.25, 0.3) is 0 Å². The Hall–Kier alpha value is -1.63. The predicted molar refractivity (Wildman–Crippen MR) is 40.0 cm³/mol. The van der Waals surface area contributed by atoms with Crippen molar-refractivity contribution >= 4 is 11.9 Å². The molecule has 1 heterocycles. The van der Waals surface area contributed by atoms with Gasteiger partial charge < -0.3 is 16.6 Å². The van der Waals surface area contributed by atoms with Gasteiger partial charge in [0.15, 0.2) is 0 Å². The van der Waals surface area contributed by atoms with Crippen molar-refractivity contribution in [2.45, 2.75) is 12.6 Å². The van der Waals surface area contributed by atoms with Gasteiger partial charge in [0.05, 0.1) is 6.54 Å². The van der Waals surface area contributed by atoms with E-state index in [0.717, 1.165) is 0 Å². The molecule has 1 aromatic heterocycles. The number of carbonyl (C=O) groups is 1. The second-order valence-electron chi connectivity index (χ2n) is 2.27. The van der Waals surface area contributed by atoms with E-state index < -0.39 is 12.0 Å². The molecule has 0 aliphatic carbocycles. The Balaban J connectivity index is 2.58. The first-order valence-electron chi connectivity index (χ1n) is 3.23. The monoisotopic (exact) mass is 171 g/mol. The van der Waals surface area contributed by atoms with Gasteiger partial charge in [-0.1, -0.05) is 0 Å². The molecule has 0 aromatic carbocycles. The number of aromatic nitrogens is 3. The number of nitrogens with zero attached hydrogens (tertiary/aromatic N) is 3. The largest absolute Gasteiger partial charge is 0.480 e. The van der Waals surface area contributed by atoms with Gasteiger partial charge in [-0.05, 0) is 0 Å². The molecule has 7 heteroatoms. The maximum absolute atomic E-state index is 10.3. The van der Waals surface area contributed by atoms with Crippen molar-refractivity contribution in [1.82, 2.24) is 14.8 Å². The lowest BCUT2D eigenvalue weighted by Gasteiger charge is -2.04. The highest BCUT2D eigenvalue weighted by atomic mass is 16.4. The second kappa shape index (κ2) is 3.18. The van der Waals surface area contributed by atoms with Gasteiger partial charge in [0.1, 0.15) is 12.4 Å². The van der Waals surface area contributed by atoms with E-state index in [0.29, 0.717) is 0 Å². The first-order chi connectivity index (χ1) is 5.59. The van der Waals surface area contributed by atoms with E-state index in [1.165, 1.54) is 11.0 Å². The van der Waals surface area contributed by atoms with Gasteiger partial charge >= 0.3 is 5.97 Å². The summed E-state index contributed by atoms with van der Waals surface area (Å²) >= 11 is 0.